The van der Waals surface area contributed by atoms with Gasteiger partial charge in [-0.3, -0.25) is 4.79 Å². The summed E-state index contributed by atoms with van der Waals surface area (Å²) in [5.41, 5.74) is 5.46. The lowest BCUT2D eigenvalue weighted by atomic mass is 9.99. The van der Waals surface area contributed by atoms with E-state index in [1.54, 1.807) is 6.07 Å². The third-order valence-corrected chi connectivity index (χ3v) is 4.05. The van der Waals surface area contributed by atoms with Gasteiger partial charge in [0.25, 0.3) is 0 Å². The molecule has 2 aromatic rings. The summed E-state index contributed by atoms with van der Waals surface area (Å²) in [5, 5.41) is 0.628. The Labute approximate surface area is 124 Å². The van der Waals surface area contributed by atoms with E-state index in [1.807, 2.05) is 12.1 Å². The molecule has 2 nitrogen and oxygen atoms in total. The second kappa shape index (κ2) is 5.29. The molecule has 0 saturated carbocycles. The molecule has 0 atom stereocenters. The van der Waals surface area contributed by atoms with Gasteiger partial charge >= 0.3 is 0 Å². The lowest BCUT2D eigenvalue weighted by Crippen LogP contribution is -2.24. The Morgan fingerprint density at radius 3 is 2.70 bits per heavy atom. The molecule has 0 unspecified atom stereocenters. The van der Waals surface area contributed by atoms with Crippen LogP contribution in [-0.4, -0.2) is 12.8 Å². The fourth-order valence-electron chi connectivity index (χ4n) is 2.79. The van der Waals surface area contributed by atoms with Gasteiger partial charge in [-0.25, -0.2) is 0 Å². The van der Waals surface area contributed by atoms with Gasteiger partial charge in [-0.2, -0.15) is 0 Å². The molecule has 0 fully saturated rings. The van der Waals surface area contributed by atoms with Crippen LogP contribution in [0.1, 0.15) is 27.9 Å². The van der Waals surface area contributed by atoms with Crippen molar-refractivity contribution in [2.45, 2.75) is 19.8 Å². The zero-order valence-corrected chi connectivity index (χ0v) is 12.2. The molecule has 0 N–H and O–H groups in total. The molecular weight excluding hydrogens is 270 g/mol. The summed E-state index contributed by atoms with van der Waals surface area (Å²) in [6.45, 7) is 3.07. The van der Waals surface area contributed by atoms with E-state index in [0.29, 0.717) is 10.6 Å². The van der Waals surface area contributed by atoms with Gasteiger partial charge in [0.1, 0.15) is 6.29 Å². The summed E-state index contributed by atoms with van der Waals surface area (Å²) < 4.78 is 0. The summed E-state index contributed by atoms with van der Waals surface area (Å²) in [6.07, 6.45) is 3.04. The summed E-state index contributed by atoms with van der Waals surface area (Å²) in [6, 6.07) is 12.0. The van der Waals surface area contributed by atoms with Gasteiger partial charge in [0, 0.05) is 17.8 Å². The quantitative estimate of drug-likeness (QED) is 0.755. The Bertz CT molecular complexity index is 666. The Kier molecular flexibility index (Phi) is 3.49. The minimum absolute atomic E-state index is 0.611. The molecule has 1 heterocycles. The molecule has 0 radical (unpaired) electrons. The van der Waals surface area contributed by atoms with Crippen LogP contribution >= 0.6 is 11.6 Å². The first-order valence-electron chi connectivity index (χ1n) is 6.81. The van der Waals surface area contributed by atoms with Crippen LogP contribution in [0.2, 0.25) is 5.02 Å². The van der Waals surface area contributed by atoms with Gasteiger partial charge in [-0.15, -0.1) is 0 Å². The number of benzene rings is 2. The normalized spacial score (nSPS) is 14.0. The highest BCUT2D eigenvalue weighted by Crippen LogP contribution is 2.37. The topological polar surface area (TPSA) is 20.3 Å². The Balaban J connectivity index is 2.06. The van der Waals surface area contributed by atoms with Crippen LogP contribution in [0, 0.1) is 6.92 Å². The predicted molar refractivity (Wildman–Crippen MR) is 83.3 cm³/mol. The highest BCUT2D eigenvalue weighted by Gasteiger charge is 2.20. The number of fused-ring (bicyclic) bond motifs is 1. The number of hydrogen-bond donors (Lipinski definition) is 0. The maximum Gasteiger partial charge on any atom is 0.150 e. The molecule has 102 valence electrons. The van der Waals surface area contributed by atoms with Crippen molar-refractivity contribution in [2.24, 2.45) is 0 Å². The minimum Gasteiger partial charge on any atom is -0.340 e. The third kappa shape index (κ3) is 2.32. The number of halogens is 1. The molecule has 2 aromatic carbocycles. The number of carbonyl (C=O) groups excluding carboxylic acids is 1. The van der Waals surface area contributed by atoms with Crippen LogP contribution in [-0.2, 0) is 6.42 Å². The monoisotopic (exact) mass is 285 g/mol. The standard InChI is InChI=1S/C17H16ClNO/c1-12-4-6-16-14(9-12)3-2-8-19(16)17-7-5-13(11-20)10-15(17)18/h4-7,9-11H,2-3,8H2,1H3. The second-order valence-corrected chi connectivity index (χ2v) is 5.62. The average molecular weight is 286 g/mol. The molecule has 0 spiro atoms. The Morgan fingerprint density at radius 2 is 1.95 bits per heavy atom. The molecule has 0 aromatic heterocycles. The van der Waals surface area contributed by atoms with E-state index in [9.17, 15) is 4.79 Å². The van der Waals surface area contributed by atoms with Crippen LogP contribution < -0.4 is 4.90 Å². The maximum atomic E-state index is 10.8. The van der Waals surface area contributed by atoms with Crippen LogP contribution in [0.3, 0.4) is 0 Å². The number of anilines is 2. The van der Waals surface area contributed by atoms with E-state index in [-0.39, 0.29) is 0 Å². The first-order valence-corrected chi connectivity index (χ1v) is 7.18. The van der Waals surface area contributed by atoms with E-state index in [1.165, 1.54) is 16.8 Å². The third-order valence-electron chi connectivity index (χ3n) is 3.75. The molecule has 0 bridgehead atoms. The number of aryl methyl sites for hydroxylation is 2. The van der Waals surface area contributed by atoms with Crippen molar-refractivity contribution in [1.82, 2.24) is 0 Å². The van der Waals surface area contributed by atoms with Gasteiger partial charge in [0.2, 0.25) is 0 Å². The van der Waals surface area contributed by atoms with E-state index in [0.717, 1.165) is 31.4 Å². The van der Waals surface area contributed by atoms with E-state index < -0.39 is 0 Å². The molecule has 0 saturated heterocycles. The summed E-state index contributed by atoms with van der Waals surface area (Å²) in [4.78, 5) is 13.1. The molecule has 3 rings (SSSR count). The van der Waals surface area contributed by atoms with Crippen molar-refractivity contribution >= 4 is 29.3 Å². The first-order chi connectivity index (χ1) is 9.69. The summed E-state index contributed by atoms with van der Waals surface area (Å²) >= 11 is 6.34. The van der Waals surface area contributed by atoms with Gasteiger partial charge in [-0.05, 0) is 49.6 Å². The lowest BCUT2D eigenvalue weighted by molar-refractivity contribution is 0.112. The van der Waals surface area contributed by atoms with Crippen molar-refractivity contribution in [3.63, 3.8) is 0 Å². The molecular formula is C17H16ClNO. The van der Waals surface area contributed by atoms with Gasteiger partial charge in [-0.1, -0.05) is 29.3 Å². The van der Waals surface area contributed by atoms with Gasteiger partial charge in [0.05, 0.1) is 10.7 Å². The van der Waals surface area contributed by atoms with Crippen molar-refractivity contribution < 1.29 is 4.79 Å². The van der Waals surface area contributed by atoms with E-state index in [4.69, 9.17) is 11.6 Å². The van der Waals surface area contributed by atoms with Crippen molar-refractivity contribution in [3.05, 3.63) is 58.1 Å². The maximum absolute atomic E-state index is 10.8. The highest BCUT2D eigenvalue weighted by atomic mass is 35.5. The van der Waals surface area contributed by atoms with Gasteiger partial charge < -0.3 is 4.90 Å². The first kappa shape index (κ1) is 13.2. The van der Waals surface area contributed by atoms with E-state index in [2.05, 4.69) is 30.0 Å². The SMILES string of the molecule is Cc1ccc2c(c1)CCCN2c1ccc(C=O)cc1Cl. The fourth-order valence-corrected chi connectivity index (χ4v) is 3.08. The van der Waals surface area contributed by atoms with Crippen molar-refractivity contribution in [3.8, 4) is 0 Å². The fraction of sp³-hybridized carbons (Fsp3) is 0.235. The van der Waals surface area contributed by atoms with Crippen LogP contribution in [0.5, 0.6) is 0 Å². The van der Waals surface area contributed by atoms with Gasteiger partial charge in [0.15, 0.2) is 0 Å². The Morgan fingerprint density at radius 1 is 1.15 bits per heavy atom. The summed E-state index contributed by atoms with van der Waals surface area (Å²) in [7, 11) is 0. The predicted octanol–water partition coefficient (Wildman–Crippen LogP) is 4.55. The van der Waals surface area contributed by atoms with Crippen molar-refractivity contribution in [2.75, 3.05) is 11.4 Å². The van der Waals surface area contributed by atoms with Crippen LogP contribution in [0.15, 0.2) is 36.4 Å². The average Bonchev–Trinajstić information content (AvgIpc) is 2.46. The number of aldehydes is 1. The number of hydrogen-bond acceptors (Lipinski definition) is 2. The summed E-state index contributed by atoms with van der Waals surface area (Å²) in [5.74, 6) is 0. The molecule has 1 aliphatic rings. The zero-order valence-electron chi connectivity index (χ0n) is 11.4. The van der Waals surface area contributed by atoms with Crippen LogP contribution in [0.4, 0.5) is 11.4 Å². The van der Waals surface area contributed by atoms with Crippen molar-refractivity contribution in [1.29, 1.82) is 0 Å². The number of rotatable bonds is 2. The van der Waals surface area contributed by atoms with Crippen LogP contribution in [0.25, 0.3) is 0 Å². The molecule has 3 heteroatoms. The minimum atomic E-state index is 0.611. The molecule has 1 aliphatic heterocycles. The number of nitrogens with zero attached hydrogens (tertiary/aromatic N) is 1. The largest absolute Gasteiger partial charge is 0.340 e. The molecule has 20 heavy (non-hydrogen) atoms. The second-order valence-electron chi connectivity index (χ2n) is 5.22. The Hall–Kier alpha value is -1.80. The van der Waals surface area contributed by atoms with E-state index >= 15 is 0 Å². The number of carbonyl (C=O) groups is 1. The molecule has 0 aliphatic carbocycles. The molecule has 0 amide bonds. The highest BCUT2D eigenvalue weighted by molar-refractivity contribution is 6.33. The zero-order chi connectivity index (χ0) is 14.1. The lowest BCUT2D eigenvalue weighted by Gasteiger charge is -2.32. The smallest absolute Gasteiger partial charge is 0.150 e.